The first-order valence-electron chi connectivity index (χ1n) is 17.3. The van der Waals surface area contributed by atoms with E-state index in [0.29, 0.717) is 12.3 Å². The predicted molar refractivity (Wildman–Crippen MR) is 175 cm³/mol. The number of hydrogen-bond acceptors (Lipinski definition) is 5. The molecule has 3 N–H and O–H groups in total. The first-order chi connectivity index (χ1) is 21.0. The monoisotopic (exact) mass is 618 g/mol. The van der Waals surface area contributed by atoms with Crippen molar-refractivity contribution in [2.24, 2.45) is 50.2 Å². The van der Waals surface area contributed by atoms with Crippen molar-refractivity contribution in [3.63, 3.8) is 0 Å². The Bertz CT molecular complexity index is 1410. The number of carboxylic acid groups (broad SMARTS) is 1. The molecule has 9 unspecified atom stereocenters. The number of phenols is 1. The van der Waals surface area contributed by atoms with Gasteiger partial charge in [-0.05, 0) is 127 Å². The summed E-state index contributed by atoms with van der Waals surface area (Å²) in [5.41, 5.74) is 1.11. The fourth-order valence-electron chi connectivity index (χ4n) is 11.8. The summed E-state index contributed by atoms with van der Waals surface area (Å²) in [6.45, 7) is 14.1. The molecule has 0 amide bonds. The Morgan fingerprint density at radius 2 is 1.60 bits per heavy atom. The minimum atomic E-state index is -0.640. The molecule has 0 heterocycles. The van der Waals surface area contributed by atoms with Crippen molar-refractivity contribution in [3.05, 3.63) is 47.6 Å². The van der Waals surface area contributed by atoms with Crippen LogP contribution in [0.25, 0.3) is 6.08 Å². The number of rotatable bonds is 5. The maximum atomic E-state index is 13.0. The number of carbonyl (C=O) groups is 2. The number of ether oxygens (including phenoxy) is 1. The molecule has 0 aliphatic heterocycles. The highest BCUT2D eigenvalue weighted by Crippen LogP contribution is 2.75. The second-order valence-corrected chi connectivity index (χ2v) is 17.2. The zero-order chi connectivity index (χ0) is 32.6. The van der Waals surface area contributed by atoms with E-state index in [4.69, 9.17) is 4.74 Å². The van der Waals surface area contributed by atoms with Gasteiger partial charge in [-0.25, -0.2) is 4.79 Å². The van der Waals surface area contributed by atoms with Gasteiger partial charge in [-0.1, -0.05) is 65.3 Å². The summed E-state index contributed by atoms with van der Waals surface area (Å²) >= 11 is 0. The van der Waals surface area contributed by atoms with E-state index in [1.807, 2.05) is 0 Å². The molecule has 6 rings (SSSR count). The molecule has 246 valence electrons. The first kappa shape index (κ1) is 32.3. The number of aromatic hydroxyl groups is 1. The second-order valence-electron chi connectivity index (χ2n) is 17.2. The number of carbonyl (C=O) groups excluding carboxylic acids is 1. The standard InChI is InChI=1S/C39H54O6/c1-34(2)19-21-39(33(43)44)22-20-37(5)27(28(39)23-34)12-13-30-35(3)17-16-31(36(4,24-40)29(35)15-18-38(30,37)6)45-32(42)14-9-25-7-10-26(41)11-8-25/h7-12,14,28-31,40-41H,13,15-24H2,1-6H3,(H,43,44). The number of fused-ring (bicyclic) bond motifs is 7. The van der Waals surface area contributed by atoms with Crippen LogP contribution < -0.4 is 0 Å². The van der Waals surface area contributed by atoms with Crippen LogP contribution in [0, 0.1) is 50.2 Å². The van der Waals surface area contributed by atoms with E-state index in [1.54, 1.807) is 30.3 Å². The van der Waals surface area contributed by atoms with E-state index in [2.05, 4.69) is 47.6 Å². The van der Waals surface area contributed by atoms with Crippen LogP contribution in [0.3, 0.4) is 0 Å². The highest BCUT2D eigenvalue weighted by atomic mass is 16.5. The molecule has 1 aromatic carbocycles. The van der Waals surface area contributed by atoms with E-state index in [1.165, 1.54) is 11.6 Å². The van der Waals surface area contributed by atoms with Gasteiger partial charge in [0.05, 0.1) is 12.0 Å². The molecule has 9 atom stereocenters. The molecular weight excluding hydrogens is 564 g/mol. The summed E-state index contributed by atoms with van der Waals surface area (Å²) in [6, 6.07) is 6.66. The van der Waals surface area contributed by atoms with Crippen LogP contribution in [-0.2, 0) is 14.3 Å². The zero-order valence-corrected chi connectivity index (χ0v) is 28.2. The maximum absolute atomic E-state index is 13.0. The Morgan fingerprint density at radius 3 is 2.27 bits per heavy atom. The lowest BCUT2D eigenvalue weighted by Gasteiger charge is -2.71. The summed E-state index contributed by atoms with van der Waals surface area (Å²) in [5.74, 6) is -0.130. The number of allylic oxidation sites excluding steroid dienone is 2. The summed E-state index contributed by atoms with van der Waals surface area (Å²) in [7, 11) is 0. The van der Waals surface area contributed by atoms with Crippen molar-refractivity contribution >= 4 is 18.0 Å². The van der Waals surface area contributed by atoms with Crippen molar-refractivity contribution in [2.75, 3.05) is 6.61 Å². The molecule has 4 saturated carbocycles. The normalized spacial score (nSPS) is 43.7. The Labute approximate surface area is 269 Å². The van der Waals surface area contributed by atoms with Gasteiger partial charge in [0.2, 0.25) is 0 Å². The number of hydrogen-bond donors (Lipinski definition) is 3. The zero-order valence-electron chi connectivity index (χ0n) is 28.2. The lowest BCUT2D eigenvalue weighted by atomic mass is 9.33. The minimum absolute atomic E-state index is 0.0291. The van der Waals surface area contributed by atoms with Gasteiger partial charge >= 0.3 is 11.9 Å². The van der Waals surface area contributed by atoms with Gasteiger partial charge in [-0.3, -0.25) is 4.79 Å². The molecule has 5 aliphatic carbocycles. The lowest BCUT2D eigenvalue weighted by Crippen LogP contribution is -2.66. The molecule has 5 aliphatic rings. The second kappa shape index (κ2) is 10.7. The SMILES string of the molecule is CC1(C)CCC2(C(=O)O)CCC3(C)C(=CCC4C5(C)CCC(OC(=O)C=Cc6ccc(O)cc6)C(C)(CO)C5CCC43C)C2C1. The van der Waals surface area contributed by atoms with E-state index in [-0.39, 0.29) is 52.0 Å². The molecule has 0 saturated heterocycles. The minimum Gasteiger partial charge on any atom is -0.508 e. The van der Waals surface area contributed by atoms with Gasteiger partial charge in [-0.2, -0.15) is 0 Å². The number of aliphatic carboxylic acids is 1. The Hall–Kier alpha value is -2.60. The molecule has 4 fully saturated rings. The number of carboxylic acids is 1. The largest absolute Gasteiger partial charge is 0.508 e. The molecule has 0 spiro atoms. The lowest BCUT2D eigenvalue weighted by molar-refractivity contribution is -0.223. The van der Waals surface area contributed by atoms with Gasteiger partial charge < -0.3 is 20.1 Å². The molecule has 6 heteroatoms. The number of phenolic OH excluding ortho intramolecular Hbond substituents is 1. The van der Waals surface area contributed by atoms with Crippen LogP contribution in [-0.4, -0.2) is 40.0 Å². The van der Waals surface area contributed by atoms with Crippen LogP contribution >= 0.6 is 0 Å². The van der Waals surface area contributed by atoms with Crippen LogP contribution in [0.1, 0.15) is 111 Å². The van der Waals surface area contributed by atoms with Gasteiger partial charge in [0.1, 0.15) is 11.9 Å². The van der Waals surface area contributed by atoms with E-state index < -0.39 is 22.8 Å². The molecule has 1 aromatic rings. The average molecular weight is 619 g/mol. The van der Waals surface area contributed by atoms with Crippen LogP contribution in [0.2, 0.25) is 0 Å². The third kappa shape index (κ3) is 4.74. The fourth-order valence-corrected chi connectivity index (χ4v) is 11.8. The topological polar surface area (TPSA) is 104 Å². The van der Waals surface area contributed by atoms with E-state index >= 15 is 0 Å². The third-order valence-electron chi connectivity index (χ3n) is 14.7. The molecule has 0 aromatic heterocycles. The van der Waals surface area contributed by atoms with Gasteiger partial charge in [0.25, 0.3) is 0 Å². The number of esters is 1. The number of aliphatic hydroxyl groups excluding tert-OH is 1. The van der Waals surface area contributed by atoms with E-state index in [0.717, 1.165) is 63.4 Å². The third-order valence-corrected chi connectivity index (χ3v) is 14.7. The summed E-state index contributed by atoms with van der Waals surface area (Å²) in [4.78, 5) is 26.0. The summed E-state index contributed by atoms with van der Waals surface area (Å²) in [5, 5.41) is 31.2. The summed E-state index contributed by atoms with van der Waals surface area (Å²) < 4.78 is 6.11. The van der Waals surface area contributed by atoms with Crippen molar-refractivity contribution in [1.82, 2.24) is 0 Å². The van der Waals surface area contributed by atoms with Gasteiger partial charge in [-0.15, -0.1) is 0 Å². The summed E-state index contributed by atoms with van der Waals surface area (Å²) in [6.07, 6.45) is 14.2. The van der Waals surface area contributed by atoms with Gasteiger partial charge in [0.15, 0.2) is 0 Å². The molecule has 45 heavy (non-hydrogen) atoms. The van der Waals surface area contributed by atoms with Crippen molar-refractivity contribution in [3.8, 4) is 5.75 Å². The number of benzene rings is 1. The Balaban J connectivity index is 1.28. The molecule has 6 nitrogen and oxygen atoms in total. The van der Waals surface area contributed by atoms with Crippen molar-refractivity contribution in [2.45, 2.75) is 112 Å². The highest BCUT2D eigenvalue weighted by molar-refractivity contribution is 5.87. The predicted octanol–water partition coefficient (Wildman–Crippen LogP) is 8.18. The molecule has 0 bridgehead atoms. The van der Waals surface area contributed by atoms with Crippen LogP contribution in [0.5, 0.6) is 5.75 Å². The molecule has 0 radical (unpaired) electrons. The quantitative estimate of drug-likeness (QED) is 0.175. The number of aliphatic hydroxyl groups is 1. The Morgan fingerprint density at radius 1 is 0.911 bits per heavy atom. The fraction of sp³-hybridized carbons (Fsp3) is 0.692. The first-order valence-corrected chi connectivity index (χ1v) is 17.3. The van der Waals surface area contributed by atoms with E-state index in [9.17, 15) is 24.9 Å². The smallest absolute Gasteiger partial charge is 0.331 e. The van der Waals surface area contributed by atoms with Crippen molar-refractivity contribution < 1.29 is 29.6 Å². The Kier molecular flexibility index (Phi) is 7.70. The molecular formula is C39H54O6. The average Bonchev–Trinajstić information content (AvgIpc) is 2.98. The van der Waals surface area contributed by atoms with Gasteiger partial charge in [0, 0.05) is 11.5 Å². The van der Waals surface area contributed by atoms with Crippen LogP contribution in [0.15, 0.2) is 42.0 Å². The van der Waals surface area contributed by atoms with Crippen LogP contribution in [0.4, 0.5) is 0 Å². The highest BCUT2D eigenvalue weighted by Gasteiger charge is 2.70. The maximum Gasteiger partial charge on any atom is 0.331 e. The van der Waals surface area contributed by atoms with Crippen molar-refractivity contribution in [1.29, 1.82) is 0 Å².